The highest BCUT2D eigenvalue weighted by molar-refractivity contribution is 5.94. The number of hydrogen-bond donors (Lipinski definition) is 2. The Morgan fingerprint density at radius 2 is 1.67 bits per heavy atom. The predicted molar refractivity (Wildman–Crippen MR) is 139 cm³/mol. The molecule has 36 heavy (non-hydrogen) atoms. The fourth-order valence-electron chi connectivity index (χ4n) is 3.52. The minimum atomic E-state index is -0.204. The molecule has 0 aliphatic carbocycles. The van der Waals surface area contributed by atoms with E-state index in [2.05, 4.69) is 20.8 Å². The number of anilines is 1. The van der Waals surface area contributed by atoms with Gasteiger partial charge >= 0.3 is 6.03 Å². The van der Waals surface area contributed by atoms with Crippen molar-refractivity contribution in [2.24, 2.45) is 0 Å². The molecule has 3 aromatic carbocycles. The van der Waals surface area contributed by atoms with Crippen LogP contribution in [0.25, 0.3) is 11.5 Å². The maximum absolute atomic E-state index is 12.5. The minimum absolute atomic E-state index is 0.152. The first-order valence-corrected chi connectivity index (χ1v) is 11.7. The van der Waals surface area contributed by atoms with Crippen molar-refractivity contribution >= 4 is 17.6 Å². The zero-order valence-corrected chi connectivity index (χ0v) is 20.6. The monoisotopic (exact) mass is 483 g/mol. The van der Waals surface area contributed by atoms with Gasteiger partial charge in [0.1, 0.15) is 0 Å². The van der Waals surface area contributed by atoms with Crippen LogP contribution < -0.4 is 10.6 Å². The first-order chi connectivity index (χ1) is 17.4. The highest BCUT2D eigenvalue weighted by Gasteiger charge is 2.14. The SMILES string of the molecule is Cc1ccc(CNC(=O)c2ccc(-c3nc(CCN(C)C(=O)Nc4ccccc4C)no3)cc2)cc1. The van der Waals surface area contributed by atoms with Crippen molar-refractivity contribution in [3.05, 3.63) is 101 Å². The first kappa shape index (κ1) is 24.7. The van der Waals surface area contributed by atoms with Gasteiger partial charge in [-0.25, -0.2) is 4.79 Å². The smallest absolute Gasteiger partial charge is 0.321 e. The van der Waals surface area contributed by atoms with E-state index < -0.39 is 0 Å². The Balaban J connectivity index is 1.28. The standard InChI is InChI=1S/C28H29N5O3/c1-19-8-10-21(11-9-19)18-29-26(34)22-12-14-23(15-13-22)27-31-25(32-36-27)16-17-33(3)28(35)30-24-7-5-4-6-20(24)2/h4-15H,16-18H2,1-3H3,(H,29,34)(H,30,35). The van der Waals surface area contributed by atoms with Crippen molar-refractivity contribution in [2.75, 3.05) is 18.9 Å². The van der Waals surface area contributed by atoms with E-state index in [0.29, 0.717) is 36.8 Å². The molecule has 0 aliphatic heterocycles. The van der Waals surface area contributed by atoms with Crippen molar-refractivity contribution in [1.29, 1.82) is 0 Å². The molecule has 8 nitrogen and oxygen atoms in total. The number of likely N-dealkylation sites (N-methyl/N-ethyl adjacent to an activating group) is 1. The minimum Gasteiger partial charge on any atom is -0.348 e. The second kappa shape index (κ2) is 11.3. The molecule has 0 atom stereocenters. The number of nitrogens with zero attached hydrogens (tertiary/aromatic N) is 3. The molecule has 1 aromatic heterocycles. The van der Waals surface area contributed by atoms with Gasteiger partial charge in [-0.1, -0.05) is 53.2 Å². The van der Waals surface area contributed by atoms with E-state index in [9.17, 15) is 9.59 Å². The van der Waals surface area contributed by atoms with Crippen molar-refractivity contribution < 1.29 is 14.1 Å². The van der Waals surface area contributed by atoms with Crippen LogP contribution in [0.2, 0.25) is 0 Å². The zero-order valence-electron chi connectivity index (χ0n) is 20.6. The van der Waals surface area contributed by atoms with E-state index in [1.54, 1.807) is 36.2 Å². The molecule has 0 bridgehead atoms. The number of hydrogen-bond acceptors (Lipinski definition) is 5. The van der Waals surface area contributed by atoms with Crippen LogP contribution in [0.3, 0.4) is 0 Å². The van der Waals surface area contributed by atoms with Gasteiger partial charge in [0.15, 0.2) is 5.82 Å². The highest BCUT2D eigenvalue weighted by Crippen LogP contribution is 2.18. The number of para-hydroxylation sites is 1. The number of urea groups is 1. The Morgan fingerprint density at radius 3 is 2.39 bits per heavy atom. The van der Waals surface area contributed by atoms with Gasteiger partial charge in [0, 0.05) is 43.4 Å². The Kier molecular flexibility index (Phi) is 7.75. The Labute approximate surface area is 210 Å². The fraction of sp³-hybridized carbons (Fsp3) is 0.214. The molecule has 0 fully saturated rings. The normalized spacial score (nSPS) is 10.6. The van der Waals surface area contributed by atoms with Gasteiger partial charge < -0.3 is 20.1 Å². The summed E-state index contributed by atoms with van der Waals surface area (Å²) in [5.41, 5.74) is 5.27. The van der Waals surface area contributed by atoms with Gasteiger partial charge in [-0.2, -0.15) is 4.98 Å². The second-order valence-corrected chi connectivity index (χ2v) is 8.68. The van der Waals surface area contributed by atoms with Crippen LogP contribution in [0.1, 0.15) is 32.9 Å². The van der Waals surface area contributed by atoms with Crippen LogP contribution in [0.5, 0.6) is 0 Å². The van der Waals surface area contributed by atoms with Gasteiger partial charge in [0.2, 0.25) is 0 Å². The second-order valence-electron chi connectivity index (χ2n) is 8.68. The number of carbonyl (C=O) groups is 2. The van der Waals surface area contributed by atoms with Crippen molar-refractivity contribution in [1.82, 2.24) is 20.4 Å². The lowest BCUT2D eigenvalue weighted by Gasteiger charge is -2.18. The average molecular weight is 484 g/mol. The first-order valence-electron chi connectivity index (χ1n) is 11.7. The van der Waals surface area contributed by atoms with Gasteiger partial charge in [-0.3, -0.25) is 4.79 Å². The van der Waals surface area contributed by atoms with E-state index in [4.69, 9.17) is 4.52 Å². The van der Waals surface area contributed by atoms with Crippen LogP contribution >= 0.6 is 0 Å². The van der Waals surface area contributed by atoms with Crippen molar-refractivity contribution in [2.45, 2.75) is 26.8 Å². The quantitative estimate of drug-likeness (QED) is 0.368. The molecule has 3 amide bonds. The molecule has 0 unspecified atom stereocenters. The Hall–Kier alpha value is -4.46. The molecular formula is C28H29N5O3. The lowest BCUT2D eigenvalue weighted by Crippen LogP contribution is -2.33. The van der Waals surface area contributed by atoms with E-state index in [-0.39, 0.29) is 11.9 Å². The molecule has 184 valence electrons. The Morgan fingerprint density at radius 1 is 0.944 bits per heavy atom. The third kappa shape index (κ3) is 6.35. The molecular weight excluding hydrogens is 454 g/mol. The summed E-state index contributed by atoms with van der Waals surface area (Å²) in [4.78, 5) is 30.9. The van der Waals surface area contributed by atoms with Gasteiger partial charge in [0.25, 0.3) is 11.8 Å². The lowest BCUT2D eigenvalue weighted by atomic mass is 10.1. The highest BCUT2D eigenvalue weighted by atomic mass is 16.5. The van der Waals surface area contributed by atoms with Crippen LogP contribution in [-0.4, -0.2) is 40.6 Å². The van der Waals surface area contributed by atoms with E-state index in [1.807, 2.05) is 62.4 Å². The number of benzene rings is 3. The van der Waals surface area contributed by atoms with E-state index >= 15 is 0 Å². The van der Waals surface area contributed by atoms with Crippen LogP contribution in [-0.2, 0) is 13.0 Å². The summed E-state index contributed by atoms with van der Waals surface area (Å²) in [5.74, 6) is 0.712. The lowest BCUT2D eigenvalue weighted by molar-refractivity contribution is 0.0951. The summed E-state index contributed by atoms with van der Waals surface area (Å²) in [5, 5.41) is 9.85. The molecule has 0 radical (unpaired) electrons. The third-order valence-corrected chi connectivity index (χ3v) is 5.84. The molecule has 0 saturated heterocycles. The number of rotatable bonds is 8. The molecule has 4 aromatic rings. The van der Waals surface area contributed by atoms with Crippen molar-refractivity contribution in [3.8, 4) is 11.5 Å². The molecule has 1 heterocycles. The number of aryl methyl sites for hydroxylation is 2. The molecule has 2 N–H and O–H groups in total. The predicted octanol–water partition coefficient (Wildman–Crippen LogP) is 4.99. The number of amides is 3. The summed E-state index contributed by atoms with van der Waals surface area (Å²) >= 11 is 0. The molecule has 0 aliphatic rings. The molecule has 0 spiro atoms. The van der Waals surface area contributed by atoms with Gasteiger partial charge in [0.05, 0.1) is 0 Å². The van der Waals surface area contributed by atoms with E-state index in [1.165, 1.54) is 5.56 Å². The maximum atomic E-state index is 12.5. The van der Waals surface area contributed by atoms with Crippen LogP contribution in [0, 0.1) is 13.8 Å². The van der Waals surface area contributed by atoms with E-state index in [0.717, 1.165) is 22.4 Å². The zero-order chi connectivity index (χ0) is 25.5. The average Bonchev–Trinajstić information content (AvgIpc) is 3.37. The molecule has 4 rings (SSSR count). The number of carbonyl (C=O) groups excluding carboxylic acids is 2. The third-order valence-electron chi connectivity index (χ3n) is 5.84. The summed E-state index contributed by atoms with van der Waals surface area (Å²) in [7, 11) is 1.72. The van der Waals surface area contributed by atoms with Crippen LogP contribution in [0.4, 0.5) is 10.5 Å². The maximum Gasteiger partial charge on any atom is 0.321 e. The molecule has 8 heteroatoms. The fourth-order valence-corrected chi connectivity index (χ4v) is 3.52. The topological polar surface area (TPSA) is 100 Å². The number of nitrogens with one attached hydrogen (secondary N) is 2. The van der Waals surface area contributed by atoms with Crippen molar-refractivity contribution in [3.63, 3.8) is 0 Å². The van der Waals surface area contributed by atoms with Gasteiger partial charge in [-0.05, 0) is 55.3 Å². The molecule has 0 saturated carbocycles. The largest absolute Gasteiger partial charge is 0.348 e. The summed E-state index contributed by atoms with van der Waals surface area (Å²) < 4.78 is 5.39. The number of aromatic nitrogens is 2. The summed E-state index contributed by atoms with van der Waals surface area (Å²) in [6.45, 7) is 4.87. The Bertz CT molecular complexity index is 1330. The van der Waals surface area contributed by atoms with Gasteiger partial charge in [-0.15, -0.1) is 0 Å². The van der Waals surface area contributed by atoms with Crippen LogP contribution in [0.15, 0.2) is 77.3 Å². The summed E-state index contributed by atoms with van der Waals surface area (Å²) in [6.07, 6.45) is 0.445. The summed E-state index contributed by atoms with van der Waals surface area (Å²) in [6, 6.07) is 22.5.